The van der Waals surface area contributed by atoms with Crippen molar-refractivity contribution in [1.29, 1.82) is 10.8 Å². The highest BCUT2D eigenvalue weighted by Gasteiger charge is 2.21. The average Bonchev–Trinajstić information content (AvgIpc) is 2.13. The Kier molecular flexibility index (Phi) is 7.28. The van der Waals surface area contributed by atoms with E-state index in [4.69, 9.17) is 15.6 Å². The van der Waals surface area contributed by atoms with Crippen LogP contribution in [0.5, 0.6) is 0 Å². The highest BCUT2D eigenvalue weighted by atomic mass is 16.5. The van der Waals surface area contributed by atoms with Crippen molar-refractivity contribution in [1.82, 2.24) is 0 Å². The first-order valence-corrected chi connectivity index (χ1v) is 6.49. The molecule has 0 bridgehead atoms. The Morgan fingerprint density at radius 2 is 1.12 bits per heavy atom. The predicted molar refractivity (Wildman–Crippen MR) is 74.4 cm³/mol. The Balaban J connectivity index is 4.56. The van der Waals surface area contributed by atoms with Crippen molar-refractivity contribution < 1.29 is 4.74 Å². The van der Waals surface area contributed by atoms with Crippen LogP contribution in [-0.4, -0.2) is 23.6 Å². The molecule has 0 aromatic carbocycles. The van der Waals surface area contributed by atoms with Gasteiger partial charge in [-0.1, -0.05) is 27.7 Å². The van der Waals surface area contributed by atoms with Crippen molar-refractivity contribution in [2.45, 2.75) is 66.6 Å². The summed E-state index contributed by atoms with van der Waals surface area (Å²) in [6, 6.07) is 0. The Labute approximate surface area is 106 Å². The summed E-state index contributed by atoms with van der Waals surface area (Å²) < 4.78 is 5.95. The number of nitrogens with one attached hydrogen (secondary N) is 2. The van der Waals surface area contributed by atoms with Crippen molar-refractivity contribution in [2.24, 2.45) is 11.8 Å². The largest absolute Gasteiger partial charge is 0.363 e. The van der Waals surface area contributed by atoms with Crippen LogP contribution in [0, 0.1) is 22.7 Å². The molecule has 0 rings (SSSR count). The third kappa shape index (κ3) is 7.27. The Morgan fingerprint density at radius 3 is 1.29 bits per heavy atom. The van der Waals surface area contributed by atoms with Gasteiger partial charge in [0.1, 0.15) is 0 Å². The van der Waals surface area contributed by atoms with Gasteiger partial charge in [-0.25, -0.2) is 0 Å². The van der Waals surface area contributed by atoms with Gasteiger partial charge in [-0.05, 0) is 38.5 Å². The Morgan fingerprint density at radius 1 is 0.824 bits per heavy atom. The van der Waals surface area contributed by atoms with E-state index < -0.39 is 0 Å². The van der Waals surface area contributed by atoms with Gasteiger partial charge in [0, 0.05) is 11.4 Å². The van der Waals surface area contributed by atoms with Crippen LogP contribution in [0.1, 0.15) is 54.4 Å². The van der Waals surface area contributed by atoms with E-state index in [0.29, 0.717) is 23.3 Å². The van der Waals surface area contributed by atoms with Gasteiger partial charge in [0.05, 0.1) is 12.2 Å². The summed E-state index contributed by atoms with van der Waals surface area (Å²) in [4.78, 5) is 0. The molecule has 0 aliphatic carbocycles. The summed E-state index contributed by atoms with van der Waals surface area (Å²) in [6.07, 6.45) is 1.44. The fourth-order valence-electron chi connectivity index (χ4n) is 1.72. The zero-order valence-electron chi connectivity index (χ0n) is 12.1. The molecule has 0 aromatic rings. The number of hydrogen-bond acceptors (Lipinski definition) is 3. The molecule has 0 saturated heterocycles. The minimum Gasteiger partial charge on any atom is -0.363 e. The van der Waals surface area contributed by atoms with Gasteiger partial charge < -0.3 is 15.6 Å². The van der Waals surface area contributed by atoms with E-state index >= 15 is 0 Å². The van der Waals surface area contributed by atoms with Crippen LogP contribution in [0.25, 0.3) is 0 Å². The first-order chi connectivity index (χ1) is 7.73. The molecule has 0 saturated carbocycles. The van der Waals surface area contributed by atoms with Gasteiger partial charge in [-0.2, -0.15) is 0 Å². The van der Waals surface area contributed by atoms with Crippen LogP contribution in [0.2, 0.25) is 0 Å². The van der Waals surface area contributed by atoms with Gasteiger partial charge in [0.2, 0.25) is 0 Å². The van der Waals surface area contributed by atoms with E-state index in [1.54, 1.807) is 13.8 Å². The smallest absolute Gasteiger partial charge is 0.0957 e. The van der Waals surface area contributed by atoms with Crippen LogP contribution in [-0.2, 0) is 4.74 Å². The second kappa shape index (κ2) is 7.59. The van der Waals surface area contributed by atoms with Crippen LogP contribution >= 0.6 is 0 Å². The highest BCUT2D eigenvalue weighted by molar-refractivity contribution is 5.86. The Hall–Kier alpha value is -0.700. The predicted octanol–water partition coefficient (Wildman–Crippen LogP) is 3.91. The van der Waals surface area contributed by atoms with Crippen LogP contribution in [0.4, 0.5) is 0 Å². The third-order valence-electron chi connectivity index (χ3n) is 2.67. The van der Waals surface area contributed by atoms with Crippen molar-refractivity contribution >= 4 is 11.4 Å². The quantitative estimate of drug-likeness (QED) is 0.621. The van der Waals surface area contributed by atoms with E-state index in [-0.39, 0.29) is 12.2 Å². The molecular formula is C14H28N2O. The molecule has 2 unspecified atom stereocenters. The van der Waals surface area contributed by atoms with Crippen LogP contribution in [0.15, 0.2) is 0 Å². The zero-order chi connectivity index (χ0) is 13.6. The summed E-state index contributed by atoms with van der Waals surface area (Å²) in [7, 11) is 0. The molecule has 0 amide bonds. The lowest BCUT2D eigenvalue weighted by molar-refractivity contribution is 0.0399. The standard InChI is InChI=1S/C14H28N2O/c1-9(2)7-13(11(5)15)17-14(12(6)16)8-10(3)4/h9-10,13-16H,7-8H2,1-6H3. The van der Waals surface area contributed by atoms with Gasteiger partial charge in [0.15, 0.2) is 0 Å². The third-order valence-corrected chi connectivity index (χ3v) is 2.67. The van der Waals surface area contributed by atoms with Crippen molar-refractivity contribution in [3.63, 3.8) is 0 Å². The summed E-state index contributed by atoms with van der Waals surface area (Å²) >= 11 is 0. The monoisotopic (exact) mass is 240 g/mol. The number of rotatable bonds is 8. The number of ether oxygens (including phenoxy) is 1. The van der Waals surface area contributed by atoms with Crippen molar-refractivity contribution in [2.75, 3.05) is 0 Å². The lowest BCUT2D eigenvalue weighted by Gasteiger charge is -2.26. The molecule has 0 spiro atoms. The maximum absolute atomic E-state index is 7.77. The second-order valence-electron chi connectivity index (χ2n) is 5.74. The molecule has 0 aliphatic rings. The van der Waals surface area contributed by atoms with Crippen LogP contribution in [0.3, 0.4) is 0 Å². The minimum absolute atomic E-state index is 0.140. The molecule has 0 radical (unpaired) electrons. The fourth-order valence-corrected chi connectivity index (χ4v) is 1.72. The molecule has 3 nitrogen and oxygen atoms in total. The lowest BCUT2D eigenvalue weighted by Crippen LogP contribution is -2.33. The molecular weight excluding hydrogens is 212 g/mol. The first-order valence-electron chi connectivity index (χ1n) is 6.49. The number of hydrogen-bond donors (Lipinski definition) is 2. The molecule has 0 fully saturated rings. The molecule has 2 atom stereocenters. The summed E-state index contributed by atoms with van der Waals surface area (Å²) in [5, 5.41) is 15.5. The maximum atomic E-state index is 7.77. The van der Waals surface area contributed by atoms with Crippen LogP contribution < -0.4 is 0 Å². The molecule has 2 N–H and O–H groups in total. The zero-order valence-corrected chi connectivity index (χ0v) is 12.1. The van der Waals surface area contributed by atoms with E-state index in [9.17, 15) is 0 Å². The molecule has 0 aromatic heterocycles. The van der Waals surface area contributed by atoms with Gasteiger partial charge in [-0.15, -0.1) is 0 Å². The highest BCUT2D eigenvalue weighted by Crippen LogP contribution is 2.17. The van der Waals surface area contributed by atoms with E-state index in [2.05, 4.69) is 27.7 Å². The SMILES string of the molecule is CC(=N)C(CC(C)C)OC(CC(C)C)C(C)=N. The van der Waals surface area contributed by atoms with E-state index in [1.807, 2.05) is 0 Å². The minimum atomic E-state index is -0.140. The average molecular weight is 240 g/mol. The Bertz CT molecular complexity index is 233. The first kappa shape index (κ1) is 16.3. The van der Waals surface area contributed by atoms with Crippen molar-refractivity contribution in [3.05, 3.63) is 0 Å². The molecule has 3 heteroatoms. The topological polar surface area (TPSA) is 56.9 Å². The van der Waals surface area contributed by atoms with Crippen molar-refractivity contribution in [3.8, 4) is 0 Å². The summed E-state index contributed by atoms with van der Waals surface area (Å²) in [5.74, 6) is 1.01. The van der Waals surface area contributed by atoms with Gasteiger partial charge in [0.25, 0.3) is 0 Å². The van der Waals surface area contributed by atoms with E-state index in [0.717, 1.165) is 12.8 Å². The fraction of sp³-hybridized carbons (Fsp3) is 0.857. The molecule has 100 valence electrons. The summed E-state index contributed by atoms with van der Waals surface area (Å²) in [5.41, 5.74) is 1.13. The molecule has 0 heterocycles. The van der Waals surface area contributed by atoms with Gasteiger partial charge >= 0.3 is 0 Å². The normalized spacial score (nSPS) is 15.1. The molecule has 17 heavy (non-hydrogen) atoms. The second-order valence-corrected chi connectivity index (χ2v) is 5.74. The maximum Gasteiger partial charge on any atom is 0.0957 e. The molecule has 0 aliphatic heterocycles. The van der Waals surface area contributed by atoms with Gasteiger partial charge in [-0.3, -0.25) is 0 Å². The summed E-state index contributed by atoms with van der Waals surface area (Å²) in [6.45, 7) is 12.1. The lowest BCUT2D eigenvalue weighted by atomic mass is 10.00. The van der Waals surface area contributed by atoms with E-state index in [1.165, 1.54) is 0 Å².